The van der Waals surface area contributed by atoms with Gasteiger partial charge >= 0.3 is 7.12 Å². The van der Waals surface area contributed by atoms with E-state index in [-0.39, 0.29) is 12.6 Å². The molecular weight excluding hydrogens is 307 g/mol. The third kappa shape index (κ3) is 3.82. The van der Waals surface area contributed by atoms with Crippen molar-refractivity contribution in [2.24, 2.45) is 0 Å². The molecule has 0 aliphatic carbocycles. The van der Waals surface area contributed by atoms with Crippen LogP contribution in [-0.2, 0) is 14.0 Å². The molecule has 0 radical (unpaired) electrons. The Morgan fingerprint density at radius 2 is 1.79 bits per heavy atom. The minimum absolute atomic E-state index is 0.105. The van der Waals surface area contributed by atoms with Crippen molar-refractivity contribution in [2.75, 3.05) is 13.9 Å². The first-order valence-corrected chi connectivity index (χ1v) is 8.36. The Kier molecular flexibility index (Phi) is 5.73. The van der Waals surface area contributed by atoms with Gasteiger partial charge in [0.25, 0.3) is 0 Å². The number of hydrogen-bond donors (Lipinski definition) is 0. The molecule has 1 fully saturated rings. The second-order valence-corrected chi connectivity index (χ2v) is 7.06. The zero-order valence-corrected chi connectivity index (χ0v) is 15.5. The van der Waals surface area contributed by atoms with E-state index in [4.69, 9.17) is 18.8 Å². The maximum absolute atomic E-state index is 12.2. The minimum atomic E-state index is -0.587. The molecule has 6 heteroatoms. The normalized spacial score (nSPS) is 18.7. The number of rotatable bonds is 7. The minimum Gasteiger partial charge on any atom is -0.468 e. The van der Waals surface area contributed by atoms with Crippen LogP contribution in [0.4, 0.5) is 0 Å². The molecule has 0 aromatic heterocycles. The number of Topliss-reactive ketones (excluding diaryl/α,β-unsaturated/α-hetero) is 1. The van der Waals surface area contributed by atoms with E-state index in [0.717, 1.165) is 6.42 Å². The van der Waals surface area contributed by atoms with Gasteiger partial charge < -0.3 is 18.8 Å². The maximum atomic E-state index is 12.2. The summed E-state index contributed by atoms with van der Waals surface area (Å²) in [6.45, 7) is 10.1. The van der Waals surface area contributed by atoms with Crippen LogP contribution < -0.4 is 10.2 Å². The van der Waals surface area contributed by atoms with E-state index >= 15 is 0 Å². The second kappa shape index (κ2) is 7.25. The van der Waals surface area contributed by atoms with Crippen LogP contribution in [0.2, 0.25) is 0 Å². The molecule has 0 N–H and O–H groups in total. The molecule has 1 aromatic rings. The van der Waals surface area contributed by atoms with Gasteiger partial charge in [-0.1, -0.05) is 6.92 Å². The lowest BCUT2D eigenvalue weighted by Gasteiger charge is -2.32. The summed E-state index contributed by atoms with van der Waals surface area (Å²) in [4.78, 5) is 12.2. The van der Waals surface area contributed by atoms with Crippen molar-refractivity contribution < 1.29 is 23.6 Å². The van der Waals surface area contributed by atoms with Crippen LogP contribution >= 0.6 is 0 Å². The lowest BCUT2D eigenvalue weighted by atomic mass is 9.77. The zero-order valence-electron chi connectivity index (χ0n) is 15.5. The lowest BCUT2D eigenvalue weighted by molar-refractivity contribution is 0.00578. The molecule has 5 nitrogen and oxygen atoms in total. The predicted molar refractivity (Wildman–Crippen MR) is 93.9 cm³/mol. The van der Waals surface area contributed by atoms with Crippen LogP contribution in [-0.4, -0.2) is 38.0 Å². The highest BCUT2D eigenvalue weighted by Crippen LogP contribution is 2.37. The quantitative estimate of drug-likeness (QED) is 0.436. The highest BCUT2D eigenvalue weighted by atomic mass is 16.7. The molecule has 0 atom stereocenters. The molecule has 0 saturated carbocycles. The van der Waals surface area contributed by atoms with Crippen LogP contribution in [0.15, 0.2) is 18.2 Å². The van der Waals surface area contributed by atoms with Crippen molar-refractivity contribution in [3.63, 3.8) is 0 Å². The molecule has 0 amide bonds. The fraction of sp³-hybridized carbons (Fsp3) is 0.611. The van der Waals surface area contributed by atoms with Crippen molar-refractivity contribution in [3.05, 3.63) is 23.8 Å². The lowest BCUT2D eigenvalue weighted by Crippen LogP contribution is -2.41. The number of carbonyl (C=O) groups excluding carboxylic acids is 1. The summed E-state index contributed by atoms with van der Waals surface area (Å²) in [5.41, 5.74) is 0.443. The largest absolute Gasteiger partial charge is 0.498 e. The highest BCUT2D eigenvalue weighted by molar-refractivity contribution is 6.63. The van der Waals surface area contributed by atoms with Crippen molar-refractivity contribution in [1.29, 1.82) is 0 Å². The summed E-state index contributed by atoms with van der Waals surface area (Å²) in [5.74, 6) is 0.706. The molecule has 1 aliphatic heterocycles. The van der Waals surface area contributed by atoms with Gasteiger partial charge in [0.15, 0.2) is 12.6 Å². The van der Waals surface area contributed by atoms with Gasteiger partial charge in [-0.25, -0.2) is 0 Å². The number of benzene rings is 1. The predicted octanol–water partition coefficient (Wildman–Crippen LogP) is 2.95. The maximum Gasteiger partial charge on any atom is 0.498 e. The summed E-state index contributed by atoms with van der Waals surface area (Å²) < 4.78 is 22.8. The average molecular weight is 334 g/mol. The Balaban J connectivity index is 2.37. The highest BCUT2D eigenvalue weighted by Gasteiger charge is 2.52. The van der Waals surface area contributed by atoms with Gasteiger partial charge in [-0.2, -0.15) is 0 Å². The zero-order chi connectivity index (χ0) is 18.0. The molecule has 0 spiro atoms. The Morgan fingerprint density at radius 3 is 2.33 bits per heavy atom. The fourth-order valence-electron chi connectivity index (χ4n) is 2.50. The first-order chi connectivity index (χ1) is 11.2. The Hall–Kier alpha value is -1.37. The SMILES string of the molecule is CCCC(=O)c1ccc(OCOC)c(B2OC(C)(C)C(C)(C)O2)c1. The molecule has 1 aromatic carbocycles. The molecule has 0 unspecified atom stereocenters. The van der Waals surface area contributed by atoms with Gasteiger partial charge in [-0.3, -0.25) is 4.79 Å². The molecule has 1 saturated heterocycles. The van der Waals surface area contributed by atoms with Crippen LogP contribution in [0, 0.1) is 0 Å². The number of hydrogen-bond acceptors (Lipinski definition) is 5. The van der Waals surface area contributed by atoms with E-state index in [9.17, 15) is 4.79 Å². The van der Waals surface area contributed by atoms with E-state index in [2.05, 4.69) is 0 Å². The summed E-state index contributed by atoms with van der Waals surface area (Å²) in [7, 11) is 0.976. The molecule has 132 valence electrons. The van der Waals surface area contributed by atoms with Gasteiger partial charge in [0, 0.05) is 24.6 Å². The molecule has 0 bridgehead atoms. The monoisotopic (exact) mass is 334 g/mol. The van der Waals surface area contributed by atoms with Gasteiger partial charge in [0.2, 0.25) is 0 Å². The molecule has 24 heavy (non-hydrogen) atoms. The third-order valence-electron chi connectivity index (χ3n) is 4.65. The standard InChI is InChI=1S/C18H27BO5/c1-7-8-15(20)13-9-10-16(22-12-21-6)14(11-13)19-23-17(2,3)18(4,5)24-19/h9-11H,7-8,12H2,1-6H3. The fourth-order valence-corrected chi connectivity index (χ4v) is 2.50. The Morgan fingerprint density at radius 1 is 1.17 bits per heavy atom. The van der Waals surface area contributed by atoms with Crippen LogP contribution in [0.25, 0.3) is 0 Å². The first kappa shape index (κ1) is 19.0. The Labute approximate surface area is 144 Å². The Bertz CT molecular complexity index is 581. The molecule has 1 aliphatic rings. The second-order valence-electron chi connectivity index (χ2n) is 7.06. The van der Waals surface area contributed by atoms with Gasteiger partial charge in [-0.05, 0) is 52.3 Å². The summed E-state index contributed by atoms with van der Waals surface area (Å²) in [5, 5.41) is 0. The summed E-state index contributed by atoms with van der Waals surface area (Å²) in [6, 6.07) is 5.37. The van der Waals surface area contributed by atoms with Crippen molar-refractivity contribution >= 4 is 18.4 Å². The summed E-state index contributed by atoms with van der Waals surface area (Å²) >= 11 is 0. The molecular formula is C18H27BO5. The van der Waals surface area contributed by atoms with Crippen LogP contribution in [0.1, 0.15) is 57.8 Å². The van der Waals surface area contributed by atoms with E-state index in [1.54, 1.807) is 19.2 Å². The number of ether oxygens (including phenoxy) is 2. The van der Waals surface area contributed by atoms with Crippen molar-refractivity contribution in [2.45, 2.75) is 58.7 Å². The van der Waals surface area contributed by atoms with Crippen molar-refractivity contribution in [1.82, 2.24) is 0 Å². The van der Waals surface area contributed by atoms with E-state index in [0.29, 0.717) is 23.2 Å². The van der Waals surface area contributed by atoms with Gasteiger partial charge in [0.05, 0.1) is 11.2 Å². The van der Waals surface area contributed by atoms with Crippen LogP contribution in [0.5, 0.6) is 5.75 Å². The van der Waals surface area contributed by atoms with Gasteiger partial charge in [-0.15, -0.1) is 0 Å². The number of carbonyl (C=O) groups is 1. The average Bonchev–Trinajstić information content (AvgIpc) is 2.73. The van der Waals surface area contributed by atoms with Gasteiger partial charge in [0.1, 0.15) is 5.75 Å². The topological polar surface area (TPSA) is 54.0 Å². The molecule has 2 rings (SSSR count). The van der Waals surface area contributed by atoms with Crippen LogP contribution in [0.3, 0.4) is 0 Å². The third-order valence-corrected chi connectivity index (χ3v) is 4.65. The van der Waals surface area contributed by atoms with E-state index in [1.165, 1.54) is 0 Å². The molecule has 1 heterocycles. The number of methoxy groups -OCH3 is 1. The summed E-state index contributed by atoms with van der Waals surface area (Å²) in [6.07, 6.45) is 1.33. The van der Waals surface area contributed by atoms with Crippen molar-refractivity contribution in [3.8, 4) is 5.75 Å². The van der Waals surface area contributed by atoms with E-state index < -0.39 is 18.3 Å². The smallest absolute Gasteiger partial charge is 0.468 e. The number of ketones is 1. The van der Waals surface area contributed by atoms with E-state index in [1.807, 2.05) is 40.7 Å². The first-order valence-electron chi connectivity index (χ1n) is 8.36.